The number of hydrogen-bond donors (Lipinski definition) is 1. The van der Waals surface area contributed by atoms with Crippen LogP contribution in [0.5, 0.6) is 5.75 Å². The summed E-state index contributed by atoms with van der Waals surface area (Å²) in [6.07, 6.45) is 0.877. The molecule has 3 aromatic rings. The maximum atomic E-state index is 12.1. The molecule has 0 saturated carbocycles. The maximum Gasteiger partial charge on any atom is 0.338 e. The quantitative estimate of drug-likeness (QED) is 0.558. The Hall–Kier alpha value is -3.19. The minimum Gasteiger partial charge on any atom is -0.487 e. The van der Waals surface area contributed by atoms with E-state index in [0.717, 1.165) is 22.7 Å². The number of aromatic nitrogens is 1. The van der Waals surface area contributed by atoms with Gasteiger partial charge in [0.1, 0.15) is 12.4 Å². The first-order valence-corrected chi connectivity index (χ1v) is 10.1. The number of rotatable bonds is 8. The predicted octanol–water partition coefficient (Wildman–Crippen LogP) is 4.39. The second kappa shape index (κ2) is 9.84. The summed E-state index contributed by atoms with van der Waals surface area (Å²) in [6.45, 7) is 4.00. The highest BCUT2D eigenvalue weighted by Gasteiger charge is 2.11. The van der Waals surface area contributed by atoms with Crippen molar-refractivity contribution in [2.24, 2.45) is 0 Å². The molecule has 0 spiro atoms. The molecule has 1 heterocycles. The van der Waals surface area contributed by atoms with Gasteiger partial charge in [-0.25, -0.2) is 9.78 Å². The number of nitrogens with one attached hydrogen (secondary N) is 1. The Balaban J connectivity index is 1.46. The first-order valence-electron chi connectivity index (χ1n) is 9.23. The van der Waals surface area contributed by atoms with E-state index in [4.69, 9.17) is 9.47 Å². The van der Waals surface area contributed by atoms with Crippen LogP contribution in [0.4, 0.5) is 5.69 Å². The topological polar surface area (TPSA) is 77.5 Å². The van der Waals surface area contributed by atoms with Crippen molar-refractivity contribution in [3.05, 3.63) is 75.7 Å². The zero-order valence-corrected chi connectivity index (χ0v) is 17.1. The van der Waals surface area contributed by atoms with Crippen LogP contribution in [0.2, 0.25) is 0 Å². The lowest BCUT2D eigenvalue weighted by Gasteiger charge is -2.08. The number of ether oxygens (including phenoxy) is 2. The molecule has 0 aliphatic carbocycles. The van der Waals surface area contributed by atoms with E-state index in [2.05, 4.69) is 10.3 Å². The average molecular weight is 410 g/mol. The third-order valence-electron chi connectivity index (χ3n) is 4.10. The molecule has 0 unspecified atom stereocenters. The van der Waals surface area contributed by atoms with Gasteiger partial charge in [-0.1, -0.05) is 19.1 Å². The minimum absolute atomic E-state index is 0.350. The molecule has 0 bridgehead atoms. The van der Waals surface area contributed by atoms with Gasteiger partial charge in [0, 0.05) is 11.1 Å². The van der Waals surface area contributed by atoms with Crippen LogP contribution in [0.25, 0.3) is 0 Å². The Labute approximate surface area is 173 Å². The number of hydrogen-bond acceptors (Lipinski definition) is 6. The Morgan fingerprint density at radius 2 is 1.93 bits per heavy atom. The Bertz CT molecular complexity index is 982. The molecule has 0 saturated heterocycles. The summed E-state index contributed by atoms with van der Waals surface area (Å²) < 4.78 is 10.7. The molecule has 0 radical (unpaired) electrons. The molecule has 1 aromatic heterocycles. The average Bonchev–Trinajstić information content (AvgIpc) is 3.16. The molecule has 3 rings (SSSR count). The van der Waals surface area contributed by atoms with E-state index in [-0.39, 0.29) is 12.5 Å². The summed E-state index contributed by atoms with van der Waals surface area (Å²) in [5, 5.41) is 5.66. The second-order valence-electron chi connectivity index (χ2n) is 6.35. The van der Waals surface area contributed by atoms with E-state index in [9.17, 15) is 9.59 Å². The van der Waals surface area contributed by atoms with Crippen LogP contribution in [0, 0.1) is 6.92 Å². The van der Waals surface area contributed by atoms with Gasteiger partial charge < -0.3 is 14.8 Å². The van der Waals surface area contributed by atoms with E-state index in [1.165, 1.54) is 0 Å². The molecule has 0 aliphatic rings. The van der Waals surface area contributed by atoms with Crippen molar-refractivity contribution in [3.63, 3.8) is 0 Å². The van der Waals surface area contributed by atoms with E-state index in [1.807, 2.05) is 37.4 Å². The van der Waals surface area contributed by atoms with Crippen molar-refractivity contribution in [2.75, 3.05) is 11.9 Å². The number of benzene rings is 2. The standard InChI is InChI=1S/C22H22N2O4S/c1-3-16-5-4-6-18(11-16)24-21(25)13-28-22(26)17-7-9-20(10-8-17)27-12-19-14-29-15(2)23-19/h4-11,14H,3,12-13H2,1-2H3,(H,24,25). The molecule has 0 atom stereocenters. The van der Waals surface area contributed by atoms with Crippen LogP contribution in [0.3, 0.4) is 0 Å². The van der Waals surface area contributed by atoms with Crippen LogP contribution >= 0.6 is 11.3 Å². The molecular weight excluding hydrogens is 388 g/mol. The Morgan fingerprint density at radius 1 is 1.14 bits per heavy atom. The van der Waals surface area contributed by atoms with Crippen molar-refractivity contribution in [1.82, 2.24) is 4.98 Å². The third kappa shape index (κ3) is 6.15. The third-order valence-corrected chi connectivity index (χ3v) is 4.92. The van der Waals surface area contributed by atoms with E-state index < -0.39 is 5.97 Å². The maximum absolute atomic E-state index is 12.1. The van der Waals surface area contributed by atoms with Crippen molar-refractivity contribution in [3.8, 4) is 5.75 Å². The highest BCUT2D eigenvalue weighted by molar-refractivity contribution is 7.09. The summed E-state index contributed by atoms with van der Waals surface area (Å²) in [6, 6.07) is 14.1. The van der Waals surface area contributed by atoms with Crippen molar-refractivity contribution in [1.29, 1.82) is 0 Å². The first kappa shape index (κ1) is 20.5. The van der Waals surface area contributed by atoms with E-state index in [1.54, 1.807) is 41.7 Å². The van der Waals surface area contributed by atoms with Crippen LogP contribution in [0.1, 0.15) is 33.5 Å². The largest absolute Gasteiger partial charge is 0.487 e. The van der Waals surface area contributed by atoms with Gasteiger partial charge in [0.05, 0.1) is 16.3 Å². The number of thiazole rings is 1. The van der Waals surface area contributed by atoms with Gasteiger partial charge >= 0.3 is 5.97 Å². The number of esters is 1. The summed E-state index contributed by atoms with van der Waals surface area (Å²) in [5.41, 5.74) is 3.02. The van der Waals surface area contributed by atoms with Gasteiger partial charge in [-0.2, -0.15) is 0 Å². The van der Waals surface area contributed by atoms with E-state index in [0.29, 0.717) is 23.6 Å². The molecular formula is C22H22N2O4S. The number of amides is 1. The van der Waals surface area contributed by atoms with Gasteiger partial charge in [-0.05, 0) is 55.3 Å². The second-order valence-corrected chi connectivity index (χ2v) is 7.41. The molecule has 0 fully saturated rings. The molecule has 0 aliphatic heterocycles. The SMILES string of the molecule is CCc1cccc(NC(=O)COC(=O)c2ccc(OCc3csc(C)n3)cc2)c1. The van der Waals surface area contributed by atoms with Gasteiger partial charge in [-0.3, -0.25) is 4.79 Å². The summed E-state index contributed by atoms with van der Waals surface area (Å²) in [7, 11) is 0. The van der Waals surface area contributed by atoms with Crippen LogP contribution < -0.4 is 10.1 Å². The Kier molecular flexibility index (Phi) is 6.97. The number of nitrogens with zero attached hydrogens (tertiary/aromatic N) is 1. The molecule has 7 heteroatoms. The van der Waals surface area contributed by atoms with Crippen LogP contribution in [-0.2, 0) is 22.6 Å². The monoisotopic (exact) mass is 410 g/mol. The van der Waals surface area contributed by atoms with Crippen LogP contribution in [0.15, 0.2) is 53.9 Å². The van der Waals surface area contributed by atoms with Crippen molar-refractivity contribution in [2.45, 2.75) is 26.9 Å². The normalized spacial score (nSPS) is 10.4. The van der Waals surface area contributed by atoms with Crippen molar-refractivity contribution < 1.29 is 19.1 Å². The van der Waals surface area contributed by atoms with Gasteiger partial charge in [0.25, 0.3) is 5.91 Å². The van der Waals surface area contributed by atoms with Crippen molar-refractivity contribution >= 4 is 28.9 Å². The molecule has 150 valence electrons. The smallest absolute Gasteiger partial charge is 0.338 e. The van der Waals surface area contributed by atoms with Gasteiger partial charge in [-0.15, -0.1) is 11.3 Å². The molecule has 1 N–H and O–H groups in total. The summed E-state index contributed by atoms with van der Waals surface area (Å²) >= 11 is 1.57. The molecule has 29 heavy (non-hydrogen) atoms. The highest BCUT2D eigenvalue weighted by Crippen LogP contribution is 2.16. The van der Waals surface area contributed by atoms with Gasteiger partial charge in [0.15, 0.2) is 6.61 Å². The number of anilines is 1. The fourth-order valence-corrected chi connectivity index (χ4v) is 3.20. The van der Waals surface area contributed by atoms with Gasteiger partial charge in [0.2, 0.25) is 0 Å². The molecule has 2 aromatic carbocycles. The lowest BCUT2D eigenvalue weighted by Crippen LogP contribution is -2.21. The zero-order chi connectivity index (χ0) is 20.6. The summed E-state index contributed by atoms with van der Waals surface area (Å²) in [5.74, 6) is -0.324. The number of carbonyl (C=O) groups excluding carboxylic acids is 2. The lowest BCUT2D eigenvalue weighted by atomic mass is 10.1. The first-order chi connectivity index (χ1) is 14.0. The van der Waals surface area contributed by atoms with E-state index >= 15 is 0 Å². The fourth-order valence-electron chi connectivity index (χ4n) is 2.60. The zero-order valence-electron chi connectivity index (χ0n) is 16.3. The molecule has 1 amide bonds. The highest BCUT2D eigenvalue weighted by atomic mass is 32.1. The predicted molar refractivity (Wildman–Crippen MR) is 112 cm³/mol. The molecule has 6 nitrogen and oxygen atoms in total. The Morgan fingerprint density at radius 3 is 2.62 bits per heavy atom. The lowest BCUT2D eigenvalue weighted by molar-refractivity contribution is -0.119. The number of carbonyl (C=O) groups is 2. The number of aryl methyl sites for hydroxylation is 2. The minimum atomic E-state index is -0.566. The fraction of sp³-hybridized carbons (Fsp3) is 0.227. The van der Waals surface area contributed by atoms with Crippen LogP contribution in [-0.4, -0.2) is 23.5 Å². The summed E-state index contributed by atoms with van der Waals surface area (Å²) in [4.78, 5) is 28.5.